The van der Waals surface area contributed by atoms with Gasteiger partial charge in [0.1, 0.15) is 11.5 Å². The Labute approximate surface area is 427 Å². The van der Waals surface area contributed by atoms with Gasteiger partial charge in [-0.05, 0) is 153 Å². The van der Waals surface area contributed by atoms with Gasteiger partial charge in [0.05, 0.1) is 16.1 Å². The van der Waals surface area contributed by atoms with Gasteiger partial charge in [-0.1, -0.05) is 169 Å². The van der Waals surface area contributed by atoms with Crippen molar-refractivity contribution in [3.63, 3.8) is 0 Å². The maximum Gasteiger partial charge on any atom is 0.343 e. The molecule has 6 rings (SSSR count). The Bertz CT molecular complexity index is 2560. The van der Waals surface area contributed by atoms with Gasteiger partial charge in [-0.15, -0.1) is 0 Å². The monoisotopic (exact) mass is 980 g/mol. The Hall–Kier alpha value is -5.82. The number of ether oxygens (including phenoxy) is 2. The van der Waals surface area contributed by atoms with E-state index < -0.39 is 11.9 Å². The Morgan fingerprint density at radius 3 is 1.19 bits per heavy atom. The number of carbonyl (C=O) groups is 4. The second-order valence-corrected chi connectivity index (χ2v) is 19.1. The van der Waals surface area contributed by atoms with Crippen LogP contribution in [0, 0.1) is 13.8 Å². The summed E-state index contributed by atoms with van der Waals surface area (Å²) in [5.74, 6) is -0.324. The Morgan fingerprint density at radius 1 is 0.386 bits per heavy atom. The molecule has 0 atom stereocenters. The molecule has 0 aliphatic rings. The van der Waals surface area contributed by atoms with Crippen molar-refractivity contribution in [1.82, 2.24) is 0 Å². The van der Waals surface area contributed by atoms with E-state index in [1.807, 2.05) is 74.5 Å². The first-order valence-corrected chi connectivity index (χ1v) is 26.1. The Morgan fingerprint density at radius 2 is 0.771 bits per heavy atom. The number of benzene rings is 6. The van der Waals surface area contributed by atoms with Crippen molar-refractivity contribution in [2.45, 2.75) is 143 Å². The summed E-state index contributed by atoms with van der Waals surface area (Å²) in [4.78, 5) is 50.5. The summed E-state index contributed by atoms with van der Waals surface area (Å²) in [6.07, 6.45) is 22.9. The van der Waals surface area contributed by atoms with Crippen LogP contribution in [-0.2, 0) is 12.8 Å². The highest BCUT2D eigenvalue weighted by Gasteiger charge is 2.16. The molecular formula is C62H70Cl2O6. The van der Waals surface area contributed by atoms with Crippen LogP contribution in [0.25, 0.3) is 0 Å². The molecule has 8 heteroatoms. The fraction of sp³-hybridized carbons (Fsp3) is 0.355. The third kappa shape index (κ3) is 18.5. The second kappa shape index (κ2) is 30.0. The summed E-state index contributed by atoms with van der Waals surface area (Å²) in [6, 6.07) is 39.1. The number of esters is 2. The van der Waals surface area contributed by atoms with Gasteiger partial charge in [0.15, 0.2) is 11.6 Å². The molecule has 0 N–H and O–H groups in total. The molecule has 0 saturated carbocycles. The minimum absolute atomic E-state index is 0.128. The van der Waals surface area contributed by atoms with E-state index in [9.17, 15) is 19.2 Å². The summed E-state index contributed by atoms with van der Waals surface area (Å²) in [5, 5.41) is 0.988. The third-order valence-electron chi connectivity index (χ3n) is 12.5. The molecule has 6 nitrogen and oxygen atoms in total. The largest absolute Gasteiger partial charge is 0.423 e. The molecule has 70 heavy (non-hydrogen) atoms. The number of hydrogen-bond acceptors (Lipinski definition) is 6. The van der Waals surface area contributed by atoms with Gasteiger partial charge >= 0.3 is 11.9 Å². The molecule has 0 aliphatic heterocycles. The zero-order valence-corrected chi connectivity index (χ0v) is 43.1. The predicted octanol–water partition coefficient (Wildman–Crippen LogP) is 17.6. The number of hydrogen-bond donors (Lipinski definition) is 0. The van der Waals surface area contributed by atoms with Gasteiger partial charge in [-0.3, -0.25) is 9.59 Å². The maximum absolute atomic E-state index is 12.7. The summed E-state index contributed by atoms with van der Waals surface area (Å²) in [7, 11) is 0. The van der Waals surface area contributed by atoms with Gasteiger partial charge in [0, 0.05) is 27.3 Å². The van der Waals surface area contributed by atoms with Crippen LogP contribution in [0.4, 0.5) is 0 Å². The van der Waals surface area contributed by atoms with Crippen LogP contribution < -0.4 is 9.47 Å². The maximum atomic E-state index is 12.7. The van der Waals surface area contributed by atoms with Crippen molar-refractivity contribution in [3.05, 3.63) is 199 Å². The standard InChI is InChI=1S/2C31H35ClO3/c1-3-4-5-6-7-8-9-10-11-24-13-15-26(16-14-24)31(34)35-27-19-17-25(18-20-27)30(33)28-21-12-23(2)22-29(28)32;1-3-4-5-6-7-8-9-10-11-24-13-16-26(17-14-24)31(34)35-28-20-18-25(19-21-28)30(33)27-15-12-23(2)29(32)22-27/h2*12-22H,3-11H2,1-2H3. The minimum atomic E-state index is -0.413. The van der Waals surface area contributed by atoms with E-state index in [1.54, 1.807) is 72.8 Å². The van der Waals surface area contributed by atoms with Crippen molar-refractivity contribution in [1.29, 1.82) is 0 Å². The van der Waals surface area contributed by atoms with E-state index >= 15 is 0 Å². The highest BCUT2D eigenvalue weighted by Crippen LogP contribution is 2.25. The number of aryl methyl sites for hydroxylation is 4. The van der Waals surface area contributed by atoms with Crippen molar-refractivity contribution in [3.8, 4) is 11.5 Å². The van der Waals surface area contributed by atoms with Crippen molar-refractivity contribution in [2.24, 2.45) is 0 Å². The lowest BCUT2D eigenvalue weighted by molar-refractivity contribution is 0.0725. The Balaban J connectivity index is 0.000000261. The lowest BCUT2D eigenvalue weighted by atomic mass is 10.0. The Kier molecular flexibility index (Phi) is 23.6. The molecule has 0 amide bonds. The predicted molar refractivity (Wildman–Crippen MR) is 288 cm³/mol. The molecule has 6 aromatic rings. The van der Waals surface area contributed by atoms with Crippen LogP contribution in [-0.4, -0.2) is 23.5 Å². The van der Waals surface area contributed by atoms with Crippen LogP contribution in [0.5, 0.6) is 11.5 Å². The first kappa shape index (κ1) is 55.1. The average Bonchev–Trinajstić information content (AvgIpc) is 3.37. The minimum Gasteiger partial charge on any atom is -0.423 e. The zero-order valence-electron chi connectivity index (χ0n) is 41.6. The van der Waals surface area contributed by atoms with Crippen molar-refractivity contribution >= 4 is 46.7 Å². The van der Waals surface area contributed by atoms with Gasteiger partial charge in [0.25, 0.3) is 0 Å². The third-order valence-corrected chi connectivity index (χ3v) is 13.2. The van der Waals surface area contributed by atoms with Gasteiger partial charge in [0.2, 0.25) is 0 Å². The number of ketones is 2. The quantitative estimate of drug-likeness (QED) is 0.0233. The fourth-order valence-corrected chi connectivity index (χ4v) is 8.58. The molecule has 368 valence electrons. The van der Waals surface area contributed by atoms with E-state index in [0.29, 0.717) is 54.9 Å². The van der Waals surface area contributed by atoms with Crippen molar-refractivity contribution < 1.29 is 28.7 Å². The van der Waals surface area contributed by atoms with E-state index in [2.05, 4.69) is 13.8 Å². The molecular weight excluding hydrogens is 912 g/mol. The summed E-state index contributed by atoms with van der Waals surface area (Å²) in [5.41, 5.74) is 7.40. The second-order valence-electron chi connectivity index (χ2n) is 18.3. The average molecular weight is 982 g/mol. The molecule has 0 spiro atoms. The first-order chi connectivity index (χ1) is 33.9. The molecule has 0 bridgehead atoms. The zero-order chi connectivity index (χ0) is 50.1. The van der Waals surface area contributed by atoms with Gasteiger partial charge in [-0.2, -0.15) is 0 Å². The number of halogens is 2. The SMILES string of the molecule is CCCCCCCCCCc1ccc(C(=O)Oc2ccc(C(=O)c3ccc(C)c(Cl)c3)cc2)cc1.CCCCCCCCCCc1ccc(C(=O)Oc2ccc(C(=O)c3ccc(C)cc3Cl)cc2)cc1. The molecule has 0 aliphatic carbocycles. The summed E-state index contributed by atoms with van der Waals surface area (Å²) >= 11 is 12.4. The number of rotatable bonds is 26. The van der Waals surface area contributed by atoms with Gasteiger partial charge < -0.3 is 9.47 Å². The number of unbranched alkanes of at least 4 members (excludes halogenated alkanes) is 14. The highest BCUT2D eigenvalue weighted by molar-refractivity contribution is 6.35. The topological polar surface area (TPSA) is 86.7 Å². The van der Waals surface area contributed by atoms with Gasteiger partial charge in [-0.25, -0.2) is 9.59 Å². The fourth-order valence-electron chi connectivity index (χ4n) is 8.08. The molecule has 0 radical (unpaired) electrons. The van der Waals surface area contributed by atoms with Crippen LogP contribution in [0.2, 0.25) is 10.0 Å². The van der Waals surface area contributed by atoms with Crippen LogP contribution in [0.1, 0.15) is 191 Å². The smallest absolute Gasteiger partial charge is 0.343 e. The normalized spacial score (nSPS) is 10.8. The van der Waals surface area contributed by atoms with Crippen LogP contribution in [0.3, 0.4) is 0 Å². The molecule has 0 heterocycles. The molecule has 0 aromatic heterocycles. The highest BCUT2D eigenvalue weighted by atomic mass is 35.5. The van der Waals surface area contributed by atoms with Crippen molar-refractivity contribution in [2.75, 3.05) is 0 Å². The molecule has 6 aromatic carbocycles. The van der Waals surface area contributed by atoms with E-state index in [1.165, 1.54) is 114 Å². The van der Waals surface area contributed by atoms with E-state index in [-0.39, 0.29) is 11.6 Å². The lowest BCUT2D eigenvalue weighted by Gasteiger charge is -2.08. The molecule has 0 fully saturated rings. The van der Waals surface area contributed by atoms with Crippen LogP contribution >= 0.6 is 23.2 Å². The lowest BCUT2D eigenvalue weighted by Crippen LogP contribution is -2.09. The van der Waals surface area contributed by atoms with E-state index in [4.69, 9.17) is 32.7 Å². The van der Waals surface area contributed by atoms with E-state index in [0.717, 1.165) is 24.0 Å². The molecule has 0 saturated heterocycles. The summed E-state index contributed by atoms with van der Waals surface area (Å²) in [6.45, 7) is 8.31. The summed E-state index contributed by atoms with van der Waals surface area (Å²) < 4.78 is 11.0. The molecule has 0 unspecified atom stereocenters. The van der Waals surface area contributed by atoms with Crippen LogP contribution in [0.15, 0.2) is 133 Å². The first-order valence-electron chi connectivity index (χ1n) is 25.4. The number of carbonyl (C=O) groups excluding carboxylic acids is 4.